The molecule has 0 unspecified atom stereocenters. The molecule has 3 N–H and O–H groups in total. The van der Waals surface area contributed by atoms with Gasteiger partial charge in [-0.05, 0) is 35.2 Å². The number of nitrogens with zero attached hydrogens (tertiary/aromatic N) is 1. The third kappa shape index (κ3) is 4.21. The van der Waals surface area contributed by atoms with Crippen LogP contribution in [0, 0.1) is 0 Å². The van der Waals surface area contributed by atoms with E-state index in [1.54, 1.807) is 16.2 Å². The Morgan fingerprint density at radius 3 is 2.80 bits per heavy atom. The summed E-state index contributed by atoms with van der Waals surface area (Å²) < 4.78 is 0. The normalized spacial score (nSPS) is 15.7. The van der Waals surface area contributed by atoms with Crippen molar-refractivity contribution in [2.45, 2.75) is 38.0 Å². The Hall–Kier alpha value is -1.60. The van der Waals surface area contributed by atoms with Crippen LogP contribution in [0.3, 0.4) is 0 Å². The van der Waals surface area contributed by atoms with E-state index in [2.05, 4.69) is 5.32 Å². The maximum absolute atomic E-state index is 12.1. The number of hydrogen-bond donors (Lipinski definition) is 3. The van der Waals surface area contributed by atoms with Gasteiger partial charge in [0.2, 0.25) is 0 Å². The molecule has 1 fully saturated rings. The number of aliphatic hydroxyl groups excluding tert-OH is 1. The fourth-order valence-electron chi connectivity index (χ4n) is 1.87. The van der Waals surface area contributed by atoms with E-state index in [4.69, 9.17) is 10.2 Å². The van der Waals surface area contributed by atoms with Gasteiger partial charge in [0.05, 0.1) is 0 Å². The van der Waals surface area contributed by atoms with E-state index in [1.807, 2.05) is 16.8 Å². The number of aliphatic carboxylic acids is 1. The fourth-order valence-corrected chi connectivity index (χ4v) is 2.53. The molecule has 1 aliphatic carbocycles. The first-order chi connectivity index (χ1) is 9.58. The minimum absolute atomic E-state index is 0.0119. The summed E-state index contributed by atoms with van der Waals surface area (Å²) in [6, 6.07) is 2.07. The third-order valence-electron chi connectivity index (χ3n) is 3.16. The summed E-state index contributed by atoms with van der Waals surface area (Å²) in [5.74, 6) is -1.27. The number of nitrogens with one attached hydrogen (secondary N) is 1. The number of carbonyl (C=O) groups excluding carboxylic acids is 1. The molecule has 0 aromatic carbocycles. The molecule has 1 aromatic rings. The van der Waals surface area contributed by atoms with E-state index in [0.717, 1.165) is 18.4 Å². The van der Waals surface area contributed by atoms with Gasteiger partial charge in [-0.2, -0.15) is 11.3 Å². The number of carboxylic acids is 1. The van der Waals surface area contributed by atoms with Crippen molar-refractivity contribution in [1.82, 2.24) is 10.2 Å². The molecule has 1 aliphatic rings. The molecule has 1 atom stereocenters. The maximum Gasteiger partial charge on any atom is 0.332 e. The van der Waals surface area contributed by atoms with Crippen molar-refractivity contribution in [3.63, 3.8) is 0 Å². The van der Waals surface area contributed by atoms with Gasteiger partial charge in [0.1, 0.15) is 0 Å². The predicted molar refractivity (Wildman–Crippen MR) is 74.5 cm³/mol. The van der Waals surface area contributed by atoms with Gasteiger partial charge in [0, 0.05) is 25.6 Å². The predicted octanol–water partition coefficient (Wildman–Crippen LogP) is 1.26. The molecule has 0 saturated heterocycles. The van der Waals surface area contributed by atoms with Crippen LogP contribution in [-0.2, 0) is 11.3 Å². The lowest BCUT2D eigenvalue weighted by Crippen LogP contribution is -2.42. The molecule has 2 rings (SSSR count). The molecule has 0 aliphatic heterocycles. The fraction of sp³-hybridized carbons (Fsp3) is 0.538. The van der Waals surface area contributed by atoms with Crippen molar-refractivity contribution in [3.05, 3.63) is 22.4 Å². The van der Waals surface area contributed by atoms with Crippen LogP contribution in [0.4, 0.5) is 4.79 Å². The third-order valence-corrected chi connectivity index (χ3v) is 3.89. The smallest absolute Gasteiger partial charge is 0.332 e. The van der Waals surface area contributed by atoms with Crippen LogP contribution < -0.4 is 5.32 Å². The highest BCUT2D eigenvalue weighted by molar-refractivity contribution is 7.07. The summed E-state index contributed by atoms with van der Waals surface area (Å²) in [5.41, 5.74) is 1.10. The zero-order chi connectivity index (χ0) is 14.5. The Bertz CT molecular complexity index is 459. The average Bonchev–Trinajstić information content (AvgIpc) is 3.12. The van der Waals surface area contributed by atoms with Crippen molar-refractivity contribution < 1.29 is 19.8 Å². The molecule has 0 bridgehead atoms. The number of urea groups is 1. The molecule has 1 saturated carbocycles. The highest BCUT2D eigenvalue weighted by Gasteiger charge is 2.32. The van der Waals surface area contributed by atoms with Crippen molar-refractivity contribution in [2.75, 3.05) is 6.54 Å². The van der Waals surface area contributed by atoms with Gasteiger partial charge in [-0.3, -0.25) is 0 Å². The van der Waals surface area contributed by atoms with Crippen LogP contribution in [0.25, 0.3) is 0 Å². The second-order valence-corrected chi connectivity index (χ2v) is 5.65. The van der Waals surface area contributed by atoms with E-state index in [1.165, 1.54) is 0 Å². The van der Waals surface area contributed by atoms with Crippen LogP contribution in [-0.4, -0.2) is 45.8 Å². The molecule has 7 heteroatoms. The minimum Gasteiger partial charge on any atom is -0.479 e. The van der Waals surface area contributed by atoms with E-state index in [9.17, 15) is 9.59 Å². The molecule has 1 heterocycles. The maximum atomic E-state index is 12.1. The lowest BCUT2D eigenvalue weighted by Gasteiger charge is -2.22. The zero-order valence-corrected chi connectivity index (χ0v) is 11.8. The molecule has 0 spiro atoms. The van der Waals surface area contributed by atoms with E-state index >= 15 is 0 Å². The number of hydrogen-bond acceptors (Lipinski definition) is 4. The average molecular weight is 298 g/mol. The van der Waals surface area contributed by atoms with Crippen LogP contribution >= 0.6 is 11.3 Å². The van der Waals surface area contributed by atoms with E-state index in [-0.39, 0.29) is 25.0 Å². The Morgan fingerprint density at radius 2 is 2.25 bits per heavy atom. The minimum atomic E-state index is -1.43. The Balaban J connectivity index is 1.80. The number of amides is 2. The first-order valence-corrected chi connectivity index (χ1v) is 7.48. The van der Waals surface area contributed by atoms with Crippen LogP contribution in [0.15, 0.2) is 16.8 Å². The zero-order valence-electron chi connectivity index (χ0n) is 11.0. The van der Waals surface area contributed by atoms with Crippen LogP contribution in [0.5, 0.6) is 0 Å². The second kappa shape index (κ2) is 6.71. The molecular weight excluding hydrogens is 280 g/mol. The first kappa shape index (κ1) is 14.8. The molecule has 20 heavy (non-hydrogen) atoms. The van der Waals surface area contributed by atoms with Gasteiger partial charge in [-0.15, -0.1) is 0 Å². The molecule has 0 radical (unpaired) electrons. The van der Waals surface area contributed by atoms with Gasteiger partial charge in [0.15, 0.2) is 6.10 Å². The summed E-state index contributed by atoms with van der Waals surface area (Å²) >= 11 is 1.59. The van der Waals surface area contributed by atoms with E-state index < -0.39 is 12.1 Å². The topological polar surface area (TPSA) is 89.9 Å². The van der Waals surface area contributed by atoms with Crippen molar-refractivity contribution in [2.24, 2.45) is 0 Å². The summed E-state index contributed by atoms with van der Waals surface area (Å²) in [7, 11) is 0. The van der Waals surface area contributed by atoms with Gasteiger partial charge in [-0.25, -0.2) is 9.59 Å². The Morgan fingerprint density at radius 1 is 1.50 bits per heavy atom. The molecule has 2 amide bonds. The molecule has 1 aromatic heterocycles. The van der Waals surface area contributed by atoms with Crippen molar-refractivity contribution in [3.8, 4) is 0 Å². The monoisotopic (exact) mass is 298 g/mol. The second-order valence-electron chi connectivity index (χ2n) is 4.87. The van der Waals surface area contributed by atoms with Crippen molar-refractivity contribution in [1.29, 1.82) is 0 Å². The highest BCUT2D eigenvalue weighted by Crippen LogP contribution is 2.28. The highest BCUT2D eigenvalue weighted by atomic mass is 32.1. The number of carbonyl (C=O) groups is 2. The number of aliphatic hydroxyl groups is 1. The molecule has 110 valence electrons. The quantitative estimate of drug-likeness (QED) is 0.707. The summed E-state index contributed by atoms with van der Waals surface area (Å²) in [5, 5.41) is 24.4. The standard InChI is InChI=1S/C13H18N2O4S/c16-11(12(17)18)3-5-14-13(19)15(10-1-2-10)7-9-4-6-20-8-9/h4,6,8,10-11,16H,1-3,5,7H2,(H,14,19)(H,17,18)/t11-/m0/s1. The number of thiophene rings is 1. The lowest BCUT2D eigenvalue weighted by molar-refractivity contribution is -0.146. The lowest BCUT2D eigenvalue weighted by atomic mass is 10.2. The molecule has 6 nitrogen and oxygen atoms in total. The van der Waals surface area contributed by atoms with Gasteiger partial charge < -0.3 is 20.4 Å². The molecular formula is C13H18N2O4S. The van der Waals surface area contributed by atoms with Gasteiger partial charge in [0.25, 0.3) is 0 Å². The summed E-state index contributed by atoms with van der Waals surface area (Å²) in [4.78, 5) is 24.3. The van der Waals surface area contributed by atoms with Crippen LogP contribution in [0.2, 0.25) is 0 Å². The SMILES string of the molecule is O=C(O)[C@@H](O)CCNC(=O)N(Cc1ccsc1)C1CC1. The number of carboxylic acid groups (broad SMARTS) is 1. The van der Waals surface area contributed by atoms with E-state index in [0.29, 0.717) is 6.54 Å². The van der Waals surface area contributed by atoms with Crippen LogP contribution in [0.1, 0.15) is 24.8 Å². The first-order valence-electron chi connectivity index (χ1n) is 6.54. The largest absolute Gasteiger partial charge is 0.479 e. The summed E-state index contributed by atoms with van der Waals surface area (Å²) in [6.45, 7) is 0.723. The number of rotatable bonds is 7. The van der Waals surface area contributed by atoms with Crippen molar-refractivity contribution >= 4 is 23.3 Å². The van der Waals surface area contributed by atoms with Gasteiger partial charge in [-0.1, -0.05) is 0 Å². The Kier molecular flexibility index (Phi) is 4.97. The summed E-state index contributed by atoms with van der Waals surface area (Å²) in [6.07, 6.45) is 0.601. The van der Waals surface area contributed by atoms with Gasteiger partial charge >= 0.3 is 12.0 Å². The Labute approximate surface area is 121 Å².